The van der Waals surface area contributed by atoms with E-state index < -0.39 is 9.84 Å². The number of halogens is 1. The smallest absolute Gasteiger partial charge is 0.148 e. The number of sulfone groups is 1. The molecule has 0 fully saturated rings. The maximum atomic E-state index is 11.2. The maximum Gasteiger partial charge on any atom is 0.148 e. The van der Waals surface area contributed by atoms with Crippen LogP contribution in [0.15, 0.2) is 4.47 Å². The molecule has 1 rings (SSSR count). The first kappa shape index (κ1) is 16.7. The van der Waals surface area contributed by atoms with E-state index in [1.165, 1.54) is 6.26 Å². The predicted molar refractivity (Wildman–Crippen MR) is 81.0 cm³/mol. The third kappa shape index (κ3) is 4.89. The van der Waals surface area contributed by atoms with E-state index in [-0.39, 0.29) is 5.75 Å². The minimum atomic E-state index is -2.91. The summed E-state index contributed by atoms with van der Waals surface area (Å²) in [5.41, 5.74) is 2.16. The molecule has 0 atom stereocenters. The Hall–Kier alpha value is -0.400. The highest BCUT2D eigenvalue weighted by Gasteiger charge is 2.16. The Labute approximate surface area is 124 Å². The quantitative estimate of drug-likeness (QED) is 0.750. The molecule has 0 spiro atoms. The van der Waals surface area contributed by atoms with Gasteiger partial charge < -0.3 is 0 Å². The Balaban J connectivity index is 2.78. The second kappa shape index (κ2) is 6.85. The molecule has 0 saturated carbocycles. The summed E-state index contributed by atoms with van der Waals surface area (Å²) in [4.78, 5) is 2.01. The molecule has 0 N–H and O–H groups in total. The molecule has 0 aliphatic carbocycles. The summed E-state index contributed by atoms with van der Waals surface area (Å²) in [5.74, 6) is 0.183. The molecule has 0 unspecified atom stereocenters. The second-order valence-electron chi connectivity index (χ2n) is 4.74. The van der Waals surface area contributed by atoms with E-state index >= 15 is 0 Å². The van der Waals surface area contributed by atoms with Crippen LogP contribution in [0, 0.1) is 0 Å². The van der Waals surface area contributed by atoms with Gasteiger partial charge in [0.2, 0.25) is 0 Å². The summed E-state index contributed by atoms with van der Waals surface area (Å²) in [6.07, 6.45) is 2.15. The lowest BCUT2D eigenvalue weighted by Crippen LogP contribution is -2.26. The first-order chi connectivity index (χ1) is 8.78. The van der Waals surface area contributed by atoms with Gasteiger partial charge in [0.15, 0.2) is 0 Å². The van der Waals surface area contributed by atoms with E-state index in [1.54, 1.807) is 0 Å². The van der Waals surface area contributed by atoms with Gasteiger partial charge in [-0.3, -0.25) is 9.58 Å². The highest BCUT2D eigenvalue weighted by atomic mass is 79.9. The Morgan fingerprint density at radius 2 is 2.00 bits per heavy atom. The van der Waals surface area contributed by atoms with E-state index in [2.05, 4.69) is 34.9 Å². The zero-order valence-corrected chi connectivity index (χ0v) is 14.4. The van der Waals surface area contributed by atoms with Crippen molar-refractivity contribution in [3.05, 3.63) is 15.9 Å². The molecule has 110 valence electrons. The van der Waals surface area contributed by atoms with Gasteiger partial charge in [0.25, 0.3) is 0 Å². The topological polar surface area (TPSA) is 55.2 Å². The largest absolute Gasteiger partial charge is 0.300 e. The number of hydrogen-bond donors (Lipinski definition) is 0. The summed E-state index contributed by atoms with van der Waals surface area (Å²) in [7, 11) is -0.986. The molecule has 5 nitrogen and oxygen atoms in total. The number of aromatic nitrogens is 2. The molecular formula is C12H22BrN3O2S. The van der Waals surface area contributed by atoms with Gasteiger partial charge in [-0.05, 0) is 36.3 Å². The highest BCUT2D eigenvalue weighted by molar-refractivity contribution is 9.10. The minimum Gasteiger partial charge on any atom is -0.300 e. The van der Waals surface area contributed by atoms with Crippen molar-refractivity contribution in [1.82, 2.24) is 14.7 Å². The third-order valence-corrected chi connectivity index (χ3v) is 4.80. The molecule has 0 bridgehead atoms. The summed E-state index contributed by atoms with van der Waals surface area (Å²) in [5, 5.41) is 4.53. The monoisotopic (exact) mass is 351 g/mol. The molecule has 0 aliphatic rings. The molecule has 1 aromatic rings. The molecule has 0 aliphatic heterocycles. The Morgan fingerprint density at radius 3 is 2.47 bits per heavy atom. The van der Waals surface area contributed by atoms with Gasteiger partial charge in [0, 0.05) is 25.9 Å². The van der Waals surface area contributed by atoms with Crippen LogP contribution >= 0.6 is 15.9 Å². The van der Waals surface area contributed by atoms with Crippen LogP contribution in [0.25, 0.3) is 0 Å². The lowest BCUT2D eigenvalue weighted by atomic mass is 10.3. The number of aryl methyl sites for hydroxylation is 2. The molecule has 7 heteroatoms. The lowest BCUT2D eigenvalue weighted by molar-refractivity contribution is 0.332. The van der Waals surface area contributed by atoms with Crippen molar-refractivity contribution in [3.63, 3.8) is 0 Å². The number of nitrogens with zero attached hydrogens (tertiary/aromatic N) is 3. The molecule has 1 heterocycles. The Bertz CT molecular complexity index is 525. The highest BCUT2D eigenvalue weighted by Crippen LogP contribution is 2.23. The van der Waals surface area contributed by atoms with Crippen molar-refractivity contribution in [3.8, 4) is 0 Å². The van der Waals surface area contributed by atoms with Crippen molar-refractivity contribution in [2.24, 2.45) is 0 Å². The number of rotatable bonds is 7. The molecule has 0 radical (unpaired) electrons. The molecule has 0 aromatic carbocycles. The van der Waals surface area contributed by atoms with Gasteiger partial charge in [-0.25, -0.2) is 8.42 Å². The fourth-order valence-corrected chi connectivity index (χ4v) is 3.16. The average Bonchev–Trinajstić information content (AvgIpc) is 2.63. The van der Waals surface area contributed by atoms with E-state index in [4.69, 9.17) is 0 Å². The van der Waals surface area contributed by atoms with Crippen molar-refractivity contribution in [2.75, 3.05) is 25.6 Å². The van der Waals surface area contributed by atoms with Crippen LogP contribution in [0.3, 0.4) is 0 Å². The minimum absolute atomic E-state index is 0.183. The van der Waals surface area contributed by atoms with E-state index in [0.717, 1.165) is 28.8 Å². The van der Waals surface area contributed by atoms with E-state index in [9.17, 15) is 8.42 Å². The average molecular weight is 352 g/mol. The van der Waals surface area contributed by atoms with Gasteiger partial charge in [0.1, 0.15) is 9.84 Å². The van der Waals surface area contributed by atoms with Crippen LogP contribution in [0.4, 0.5) is 0 Å². The summed E-state index contributed by atoms with van der Waals surface area (Å²) < 4.78 is 25.4. The summed E-state index contributed by atoms with van der Waals surface area (Å²) in [6.45, 7) is 6.16. The second-order valence-corrected chi connectivity index (χ2v) is 7.80. The molecule has 0 saturated heterocycles. The van der Waals surface area contributed by atoms with E-state index in [0.29, 0.717) is 13.1 Å². The zero-order valence-electron chi connectivity index (χ0n) is 12.0. The summed E-state index contributed by atoms with van der Waals surface area (Å²) >= 11 is 3.59. The lowest BCUT2D eigenvalue weighted by Gasteiger charge is -2.17. The number of hydrogen-bond acceptors (Lipinski definition) is 4. The van der Waals surface area contributed by atoms with Gasteiger partial charge in [-0.2, -0.15) is 5.10 Å². The fourth-order valence-electron chi connectivity index (χ4n) is 1.82. The summed E-state index contributed by atoms with van der Waals surface area (Å²) in [6, 6.07) is 0. The zero-order chi connectivity index (χ0) is 14.6. The van der Waals surface area contributed by atoms with Crippen LogP contribution in [-0.4, -0.2) is 48.7 Å². The molecular weight excluding hydrogens is 330 g/mol. The molecule has 0 amide bonds. The SMILES string of the molecule is CCc1nn(CC)c(CN(C)CCS(C)(=O)=O)c1Br. The van der Waals surface area contributed by atoms with Crippen LogP contribution in [0.1, 0.15) is 25.2 Å². The van der Waals surface area contributed by atoms with Gasteiger partial charge in [-0.15, -0.1) is 0 Å². The van der Waals surface area contributed by atoms with Crippen molar-refractivity contribution in [1.29, 1.82) is 0 Å². The fraction of sp³-hybridized carbons (Fsp3) is 0.750. The van der Waals surface area contributed by atoms with Crippen molar-refractivity contribution < 1.29 is 8.42 Å². The predicted octanol–water partition coefficient (Wildman–Crippen LogP) is 1.70. The standard InChI is InChI=1S/C12H22BrN3O2S/c1-5-10-12(13)11(16(6-2)14-10)9-15(3)7-8-19(4,17)18/h5-9H2,1-4H3. The van der Waals surface area contributed by atoms with Crippen molar-refractivity contribution in [2.45, 2.75) is 33.4 Å². The van der Waals surface area contributed by atoms with Gasteiger partial charge >= 0.3 is 0 Å². The first-order valence-electron chi connectivity index (χ1n) is 6.38. The molecule has 1 aromatic heterocycles. The first-order valence-corrected chi connectivity index (χ1v) is 9.24. The normalized spacial score (nSPS) is 12.3. The van der Waals surface area contributed by atoms with Crippen LogP contribution in [-0.2, 0) is 29.3 Å². The third-order valence-electron chi connectivity index (χ3n) is 2.96. The Kier molecular flexibility index (Phi) is 6.01. The Morgan fingerprint density at radius 1 is 1.37 bits per heavy atom. The van der Waals surface area contributed by atoms with E-state index in [1.807, 2.05) is 16.6 Å². The van der Waals surface area contributed by atoms with Crippen LogP contribution in [0.2, 0.25) is 0 Å². The maximum absolute atomic E-state index is 11.2. The van der Waals surface area contributed by atoms with Crippen molar-refractivity contribution >= 4 is 25.8 Å². The molecule has 19 heavy (non-hydrogen) atoms. The van der Waals surface area contributed by atoms with Gasteiger partial charge in [-0.1, -0.05) is 6.92 Å². The van der Waals surface area contributed by atoms with Crippen LogP contribution in [0.5, 0.6) is 0 Å². The van der Waals surface area contributed by atoms with Gasteiger partial charge in [0.05, 0.1) is 21.6 Å². The van der Waals surface area contributed by atoms with Crippen LogP contribution < -0.4 is 0 Å².